The number of amides is 1. The molecule has 0 bridgehead atoms. The number of nitrogens with zero attached hydrogens (tertiary/aromatic N) is 4. The maximum Gasteiger partial charge on any atom is 0.234 e. The Morgan fingerprint density at radius 3 is 2.71 bits per heavy atom. The molecule has 0 aliphatic heterocycles. The highest BCUT2D eigenvalue weighted by atomic mass is 32.2. The monoisotopic (exact) mass is 401 g/mol. The Morgan fingerprint density at radius 1 is 1.36 bits per heavy atom. The second kappa shape index (κ2) is 8.82. The molecule has 1 unspecified atom stereocenters. The molecule has 0 spiro atoms. The summed E-state index contributed by atoms with van der Waals surface area (Å²) in [5, 5.41) is 21.5. The molecule has 0 radical (unpaired) electrons. The first-order chi connectivity index (χ1) is 13.4. The molecule has 0 saturated heterocycles. The lowest BCUT2D eigenvalue weighted by molar-refractivity contribution is -0.121. The molecule has 1 aliphatic rings. The highest BCUT2D eigenvalue weighted by Crippen LogP contribution is 2.31. The van der Waals surface area contributed by atoms with E-state index in [1.54, 1.807) is 6.26 Å². The molecule has 1 N–H and O–H groups in total. The van der Waals surface area contributed by atoms with Crippen LogP contribution in [0.15, 0.2) is 28.0 Å². The lowest BCUT2D eigenvalue weighted by Gasteiger charge is -2.32. The number of carbonyl (C=O) groups is 1. The normalized spacial score (nSPS) is 17.2. The zero-order valence-corrected chi connectivity index (χ0v) is 17.5. The maximum atomic E-state index is 12.8. The van der Waals surface area contributed by atoms with E-state index < -0.39 is 5.54 Å². The van der Waals surface area contributed by atoms with Gasteiger partial charge in [-0.3, -0.25) is 9.36 Å². The van der Waals surface area contributed by atoms with Gasteiger partial charge in [0, 0.05) is 6.54 Å². The number of nitriles is 1. The summed E-state index contributed by atoms with van der Waals surface area (Å²) >= 11 is 1.36. The van der Waals surface area contributed by atoms with Gasteiger partial charge in [-0.1, -0.05) is 44.9 Å². The van der Waals surface area contributed by atoms with Gasteiger partial charge in [0.05, 0.1) is 17.6 Å². The summed E-state index contributed by atoms with van der Waals surface area (Å²) in [5.74, 6) is 1.57. The van der Waals surface area contributed by atoms with Gasteiger partial charge in [0.2, 0.25) is 5.91 Å². The minimum atomic E-state index is -0.727. The van der Waals surface area contributed by atoms with Crippen LogP contribution in [0, 0.1) is 17.2 Å². The van der Waals surface area contributed by atoms with Crippen molar-refractivity contribution in [3.05, 3.63) is 18.4 Å². The van der Waals surface area contributed by atoms with E-state index in [4.69, 9.17) is 4.42 Å². The zero-order chi connectivity index (χ0) is 20.1. The molecular formula is C20H27N5O2S. The largest absolute Gasteiger partial charge is 0.461 e. The van der Waals surface area contributed by atoms with Gasteiger partial charge in [-0.15, -0.1) is 10.2 Å². The molecular weight excluding hydrogens is 374 g/mol. The number of furan rings is 1. The lowest BCUT2D eigenvalue weighted by atomic mass is 9.83. The summed E-state index contributed by atoms with van der Waals surface area (Å²) in [5.41, 5.74) is -0.727. The Hall–Kier alpha value is -2.27. The quantitative estimate of drug-likeness (QED) is 0.704. The third-order valence-corrected chi connectivity index (χ3v) is 6.02. The molecule has 28 heavy (non-hydrogen) atoms. The predicted octanol–water partition coefficient (Wildman–Crippen LogP) is 4.02. The Labute approximate surface area is 169 Å². The predicted molar refractivity (Wildman–Crippen MR) is 107 cm³/mol. The van der Waals surface area contributed by atoms with Crippen molar-refractivity contribution in [2.45, 2.75) is 75.4 Å². The summed E-state index contributed by atoms with van der Waals surface area (Å²) in [7, 11) is 0. The summed E-state index contributed by atoms with van der Waals surface area (Å²) in [4.78, 5) is 12.8. The number of carbonyl (C=O) groups excluding carboxylic acids is 1. The van der Waals surface area contributed by atoms with Gasteiger partial charge >= 0.3 is 0 Å². The van der Waals surface area contributed by atoms with E-state index in [1.807, 2.05) is 23.6 Å². The molecule has 150 valence electrons. The minimum Gasteiger partial charge on any atom is -0.461 e. The highest BCUT2D eigenvalue weighted by molar-refractivity contribution is 8.00. The van der Waals surface area contributed by atoms with Crippen molar-refractivity contribution in [1.29, 1.82) is 5.26 Å². The van der Waals surface area contributed by atoms with Crippen LogP contribution < -0.4 is 5.32 Å². The molecule has 2 aromatic heterocycles. The van der Waals surface area contributed by atoms with Crippen molar-refractivity contribution in [1.82, 2.24) is 20.1 Å². The van der Waals surface area contributed by atoms with Crippen LogP contribution in [0.5, 0.6) is 0 Å². The Morgan fingerprint density at radius 2 is 2.11 bits per heavy atom. The second-order valence-electron chi connectivity index (χ2n) is 7.79. The Bertz CT molecular complexity index is 831. The molecule has 3 rings (SSSR count). The number of aromatic nitrogens is 3. The molecule has 1 aliphatic carbocycles. The summed E-state index contributed by atoms with van der Waals surface area (Å²) < 4.78 is 7.49. The van der Waals surface area contributed by atoms with Gasteiger partial charge in [0.1, 0.15) is 5.54 Å². The fourth-order valence-corrected chi connectivity index (χ4v) is 4.32. The van der Waals surface area contributed by atoms with E-state index in [2.05, 4.69) is 35.4 Å². The summed E-state index contributed by atoms with van der Waals surface area (Å²) in [6, 6.07) is 6.01. The van der Waals surface area contributed by atoms with Gasteiger partial charge in [0.15, 0.2) is 16.7 Å². The van der Waals surface area contributed by atoms with Gasteiger partial charge in [-0.05, 0) is 37.8 Å². The molecule has 0 aromatic carbocycles. The van der Waals surface area contributed by atoms with Crippen LogP contribution in [0.4, 0.5) is 0 Å². The van der Waals surface area contributed by atoms with E-state index in [0.717, 1.165) is 38.6 Å². The van der Waals surface area contributed by atoms with Crippen LogP contribution in [0.25, 0.3) is 11.6 Å². The average Bonchev–Trinajstić information content (AvgIpc) is 3.32. The SMILES string of the molecule is CC(C)Cn1c(SC(C)C(=O)NC2(C#N)CCCCC2)nnc1-c1ccco1. The molecule has 1 fully saturated rings. The number of hydrogen-bond acceptors (Lipinski definition) is 6. The van der Waals surface area contributed by atoms with Gasteiger partial charge in [0.25, 0.3) is 0 Å². The van der Waals surface area contributed by atoms with Crippen molar-refractivity contribution in [2.75, 3.05) is 0 Å². The molecule has 1 saturated carbocycles. The third kappa shape index (κ3) is 4.58. The van der Waals surface area contributed by atoms with E-state index >= 15 is 0 Å². The number of thioether (sulfide) groups is 1. The first-order valence-corrected chi connectivity index (χ1v) is 10.7. The van der Waals surface area contributed by atoms with Crippen LogP contribution in [0.3, 0.4) is 0 Å². The van der Waals surface area contributed by atoms with Crippen LogP contribution in [-0.2, 0) is 11.3 Å². The molecule has 2 aromatic rings. The van der Waals surface area contributed by atoms with Crippen LogP contribution in [0.2, 0.25) is 0 Å². The van der Waals surface area contributed by atoms with Crippen molar-refractivity contribution in [2.24, 2.45) is 5.92 Å². The smallest absolute Gasteiger partial charge is 0.234 e. The molecule has 2 heterocycles. The first kappa shape index (κ1) is 20.5. The number of rotatable bonds is 7. The van der Waals surface area contributed by atoms with Crippen LogP contribution in [0.1, 0.15) is 52.9 Å². The molecule has 7 nitrogen and oxygen atoms in total. The molecule has 8 heteroatoms. The zero-order valence-electron chi connectivity index (χ0n) is 16.6. The third-order valence-electron chi connectivity index (χ3n) is 4.94. The first-order valence-electron chi connectivity index (χ1n) is 9.81. The average molecular weight is 402 g/mol. The fraction of sp³-hybridized carbons (Fsp3) is 0.600. The van der Waals surface area contributed by atoms with Crippen molar-refractivity contribution < 1.29 is 9.21 Å². The van der Waals surface area contributed by atoms with Gasteiger partial charge in [-0.25, -0.2) is 0 Å². The van der Waals surface area contributed by atoms with E-state index in [0.29, 0.717) is 22.7 Å². The number of nitrogens with one attached hydrogen (secondary N) is 1. The fourth-order valence-electron chi connectivity index (χ4n) is 3.46. The Kier molecular flexibility index (Phi) is 6.45. The molecule has 1 atom stereocenters. The van der Waals surface area contributed by atoms with Crippen molar-refractivity contribution in [3.63, 3.8) is 0 Å². The van der Waals surface area contributed by atoms with E-state index in [9.17, 15) is 10.1 Å². The number of hydrogen-bond donors (Lipinski definition) is 1. The molecule has 1 amide bonds. The Balaban J connectivity index is 1.75. The maximum absolute atomic E-state index is 12.8. The van der Waals surface area contributed by atoms with E-state index in [1.165, 1.54) is 11.8 Å². The minimum absolute atomic E-state index is 0.132. The lowest BCUT2D eigenvalue weighted by Crippen LogP contribution is -2.51. The van der Waals surface area contributed by atoms with Crippen molar-refractivity contribution in [3.8, 4) is 17.7 Å². The van der Waals surface area contributed by atoms with Gasteiger partial charge < -0.3 is 9.73 Å². The summed E-state index contributed by atoms with van der Waals surface area (Å²) in [6.45, 7) is 6.81. The summed E-state index contributed by atoms with van der Waals surface area (Å²) in [6.07, 6.45) is 6.13. The topological polar surface area (TPSA) is 96.7 Å². The van der Waals surface area contributed by atoms with Crippen LogP contribution >= 0.6 is 11.8 Å². The standard InChI is InChI=1S/C20H27N5O2S/c1-14(2)12-25-17(16-8-7-11-27-16)23-24-19(25)28-15(3)18(26)22-20(13-21)9-5-4-6-10-20/h7-8,11,14-15H,4-6,9-10,12H2,1-3H3,(H,22,26). The van der Waals surface area contributed by atoms with E-state index in [-0.39, 0.29) is 11.2 Å². The van der Waals surface area contributed by atoms with Gasteiger partial charge in [-0.2, -0.15) is 5.26 Å². The van der Waals surface area contributed by atoms with Crippen LogP contribution in [-0.4, -0.2) is 31.5 Å². The highest BCUT2D eigenvalue weighted by Gasteiger charge is 2.35. The van der Waals surface area contributed by atoms with Crippen molar-refractivity contribution >= 4 is 17.7 Å². The second-order valence-corrected chi connectivity index (χ2v) is 9.10.